The van der Waals surface area contributed by atoms with Crippen LogP contribution in [0.1, 0.15) is 5.69 Å². The second-order valence-corrected chi connectivity index (χ2v) is 1.73. The number of fused-ring (bicyclic) bond motifs is 1. The van der Waals surface area contributed by atoms with Gasteiger partial charge in [-0.3, -0.25) is 0 Å². The van der Waals surface area contributed by atoms with Crippen molar-refractivity contribution in [1.29, 1.82) is 0 Å². The highest BCUT2D eigenvalue weighted by atomic mass is 15.0. The topological polar surface area (TPSA) is 17.8 Å². The molecule has 2 heterocycles. The van der Waals surface area contributed by atoms with Crippen molar-refractivity contribution < 1.29 is 0 Å². The zero-order valence-corrected chi connectivity index (χ0v) is 4.28. The van der Waals surface area contributed by atoms with Crippen LogP contribution in [0.2, 0.25) is 0 Å². The fraction of sp³-hybridized carbons (Fsp3) is 0. The fourth-order valence-corrected chi connectivity index (χ4v) is 0.803. The van der Waals surface area contributed by atoms with Gasteiger partial charge in [0.25, 0.3) is 0 Å². The molecule has 0 saturated heterocycles. The third kappa shape index (κ3) is 0.346. The van der Waals surface area contributed by atoms with E-state index < -0.39 is 0 Å². The van der Waals surface area contributed by atoms with Crippen LogP contribution in [-0.4, -0.2) is 9.55 Å². The summed E-state index contributed by atoms with van der Waals surface area (Å²) >= 11 is 0. The van der Waals surface area contributed by atoms with E-state index in [0.29, 0.717) is 0 Å². The third-order valence-electron chi connectivity index (χ3n) is 1.21. The summed E-state index contributed by atoms with van der Waals surface area (Å²) in [6, 6.07) is 0. The van der Waals surface area contributed by atoms with E-state index in [9.17, 15) is 0 Å². The molecule has 0 bridgehead atoms. The maximum Gasteiger partial charge on any atom is 0.0957 e. The first-order chi connectivity index (χ1) is 3.97. The van der Waals surface area contributed by atoms with E-state index in [-0.39, 0.29) is 0 Å². The first kappa shape index (κ1) is 3.89. The number of rotatable bonds is 0. The van der Waals surface area contributed by atoms with E-state index in [1.165, 1.54) is 0 Å². The Morgan fingerprint density at radius 2 is 2.50 bits per heavy atom. The minimum Gasteiger partial charge on any atom is -0.322 e. The number of hydrogen-bond donors (Lipinski definition) is 0. The largest absolute Gasteiger partial charge is 0.322 e. The number of nitrogens with zero attached hydrogens (tertiary/aromatic N) is 2. The third-order valence-corrected chi connectivity index (χ3v) is 1.21. The first-order valence-electron chi connectivity index (χ1n) is 2.50. The van der Waals surface area contributed by atoms with Gasteiger partial charge < -0.3 is 4.57 Å². The molecular formula is C6H5N2. The second kappa shape index (κ2) is 1.22. The molecule has 1 aromatic heterocycles. The predicted molar refractivity (Wildman–Crippen MR) is 31.0 cm³/mol. The maximum absolute atomic E-state index is 3.92. The lowest BCUT2D eigenvalue weighted by Gasteiger charge is -1.87. The van der Waals surface area contributed by atoms with Gasteiger partial charge in [-0.1, -0.05) is 6.08 Å². The highest BCUT2D eigenvalue weighted by Gasteiger charge is 2.00. The van der Waals surface area contributed by atoms with Gasteiger partial charge in [0.05, 0.1) is 24.8 Å². The quantitative estimate of drug-likeness (QED) is 0.479. The van der Waals surface area contributed by atoms with E-state index in [4.69, 9.17) is 0 Å². The molecule has 39 valence electrons. The lowest BCUT2D eigenvalue weighted by atomic mass is 10.5. The standard InChI is InChI=1S/C6H5N2/c1-2-6-4-7-5-8(6)3-1/h1-5H. The Kier molecular flexibility index (Phi) is 0.592. The van der Waals surface area contributed by atoms with Gasteiger partial charge >= 0.3 is 0 Å². The van der Waals surface area contributed by atoms with Crippen LogP contribution >= 0.6 is 0 Å². The first-order valence-corrected chi connectivity index (χ1v) is 2.50. The van der Waals surface area contributed by atoms with E-state index in [1.54, 1.807) is 6.33 Å². The summed E-state index contributed by atoms with van der Waals surface area (Å²) in [5.74, 6) is 0. The molecule has 1 radical (unpaired) electrons. The molecule has 0 aliphatic carbocycles. The Hall–Kier alpha value is -1.05. The molecule has 0 fully saturated rings. The van der Waals surface area contributed by atoms with Crippen molar-refractivity contribution in [3.63, 3.8) is 0 Å². The van der Waals surface area contributed by atoms with Crippen LogP contribution in [0.25, 0.3) is 6.08 Å². The summed E-state index contributed by atoms with van der Waals surface area (Å²) in [5, 5.41) is 0. The average Bonchev–Trinajstić information content (AvgIpc) is 2.15. The van der Waals surface area contributed by atoms with Gasteiger partial charge in [-0.2, -0.15) is 0 Å². The molecule has 0 spiro atoms. The summed E-state index contributed by atoms with van der Waals surface area (Å²) in [6.45, 7) is 1.97. The highest BCUT2D eigenvalue weighted by molar-refractivity contribution is 5.50. The number of hydrogen-bond acceptors (Lipinski definition) is 1. The number of allylic oxidation sites excluding steroid dienone is 1. The Balaban J connectivity index is 2.67. The summed E-state index contributed by atoms with van der Waals surface area (Å²) in [7, 11) is 0. The summed E-state index contributed by atoms with van der Waals surface area (Å²) in [5.41, 5.74) is 1.16. The van der Waals surface area contributed by atoms with E-state index in [2.05, 4.69) is 4.98 Å². The monoisotopic (exact) mass is 105 g/mol. The lowest BCUT2D eigenvalue weighted by molar-refractivity contribution is 1.01. The van der Waals surface area contributed by atoms with Crippen LogP contribution in [0, 0.1) is 6.54 Å². The van der Waals surface area contributed by atoms with Crippen molar-refractivity contribution in [1.82, 2.24) is 9.55 Å². The van der Waals surface area contributed by atoms with E-state index in [0.717, 1.165) is 5.69 Å². The Labute approximate surface area is 47.5 Å². The summed E-state index contributed by atoms with van der Waals surface area (Å²) < 4.78 is 1.97. The molecule has 8 heavy (non-hydrogen) atoms. The Morgan fingerprint density at radius 3 is 3.38 bits per heavy atom. The Morgan fingerprint density at radius 1 is 1.50 bits per heavy atom. The molecule has 0 aromatic carbocycles. The van der Waals surface area contributed by atoms with Gasteiger partial charge in [0.1, 0.15) is 0 Å². The van der Waals surface area contributed by atoms with Crippen LogP contribution in [0.15, 0.2) is 18.6 Å². The lowest BCUT2D eigenvalue weighted by Crippen LogP contribution is -1.84. The minimum absolute atomic E-state index is 1.16. The van der Waals surface area contributed by atoms with Crippen molar-refractivity contribution in [3.8, 4) is 0 Å². The SMILES string of the molecule is [CH]1C=Cc2cncn21. The molecule has 2 rings (SSSR count). The predicted octanol–water partition coefficient (Wildman–Crippen LogP) is 0.920. The van der Waals surface area contributed by atoms with Crippen LogP contribution in [0.3, 0.4) is 0 Å². The second-order valence-electron chi connectivity index (χ2n) is 1.73. The molecule has 2 heteroatoms. The Bertz CT molecular complexity index is 222. The van der Waals surface area contributed by atoms with Crippen molar-refractivity contribution >= 4 is 6.08 Å². The van der Waals surface area contributed by atoms with Crippen molar-refractivity contribution in [3.05, 3.63) is 30.8 Å². The van der Waals surface area contributed by atoms with Gasteiger partial charge in [-0.05, 0) is 6.08 Å². The number of aromatic nitrogens is 2. The molecule has 1 aromatic rings. The number of imidazole rings is 1. The minimum atomic E-state index is 1.16. The zero-order chi connectivity index (χ0) is 5.40. The van der Waals surface area contributed by atoms with Crippen LogP contribution < -0.4 is 0 Å². The molecular weight excluding hydrogens is 100 g/mol. The van der Waals surface area contributed by atoms with Crippen LogP contribution in [0.5, 0.6) is 0 Å². The smallest absolute Gasteiger partial charge is 0.0957 e. The van der Waals surface area contributed by atoms with Crippen molar-refractivity contribution in [2.45, 2.75) is 0 Å². The van der Waals surface area contributed by atoms with Gasteiger partial charge in [0.2, 0.25) is 0 Å². The van der Waals surface area contributed by atoms with E-state index in [1.807, 2.05) is 29.5 Å². The van der Waals surface area contributed by atoms with Crippen LogP contribution in [-0.2, 0) is 0 Å². The van der Waals surface area contributed by atoms with Crippen LogP contribution in [0.4, 0.5) is 0 Å². The van der Waals surface area contributed by atoms with Crippen molar-refractivity contribution in [2.24, 2.45) is 0 Å². The van der Waals surface area contributed by atoms with E-state index >= 15 is 0 Å². The normalized spacial score (nSPS) is 14.5. The van der Waals surface area contributed by atoms with Crippen molar-refractivity contribution in [2.75, 3.05) is 0 Å². The molecule has 2 nitrogen and oxygen atoms in total. The van der Waals surface area contributed by atoms with Gasteiger partial charge in [0, 0.05) is 0 Å². The molecule has 0 amide bonds. The maximum atomic E-state index is 3.92. The molecule has 0 unspecified atom stereocenters. The molecule has 1 aliphatic heterocycles. The zero-order valence-electron chi connectivity index (χ0n) is 4.28. The summed E-state index contributed by atoms with van der Waals surface area (Å²) in [6.07, 6.45) is 7.64. The fourth-order valence-electron chi connectivity index (χ4n) is 0.803. The van der Waals surface area contributed by atoms with Gasteiger partial charge in [-0.25, -0.2) is 4.98 Å². The molecule has 0 N–H and O–H groups in total. The van der Waals surface area contributed by atoms with Gasteiger partial charge in [0.15, 0.2) is 0 Å². The summed E-state index contributed by atoms with van der Waals surface area (Å²) in [4.78, 5) is 3.92. The molecule has 0 atom stereocenters. The average molecular weight is 105 g/mol. The van der Waals surface area contributed by atoms with Gasteiger partial charge in [-0.15, -0.1) is 0 Å². The highest BCUT2D eigenvalue weighted by Crippen LogP contribution is 2.09. The molecule has 0 saturated carbocycles. The molecule has 1 aliphatic rings.